The summed E-state index contributed by atoms with van der Waals surface area (Å²) in [7, 11) is -33.5. The van der Waals surface area contributed by atoms with Gasteiger partial charge in [0.25, 0.3) is 0 Å². The molecule has 0 aliphatic carbocycles. The van der Waals surface area contributed by atoms with E-state index in [1.54, 1.807) is 0 Å². The molecule has 0 aromatic carbocycles. The second-order valence-electron chi connectivity index (χ2n) is 1.89. The summed E-state index contributed by atoms with van der Waals surface area (Å²) in [6.45, 7) is 0. The zero-order valence-corrected chi connectivity index (χ0v) is 11.3. The van der Waals surface area contributed by atoms with Crippen molar-refractivity contribution in [3.63, 3.8) is 0 Å². The molecule has 0 amide bonds. The standard InChI is InChI=1S/Co.Na.4HO3S.H/c;;4*1-4(2)3;/h;;4*(H,1,2,3);. The molecule has 0 atom stereocenters. The van der Waals surface area contributed by atoms with E-state index in [9.17, 15) is 33.7 Å². The van der Waals surface area contributed by atoms with Gasteiger partial charge in [-0.2, -0.15) is 0 Å². The van der Waals surface area contributed by atoms with Gasteiger partial charge in [-0.15, -0.1) is 0 Å². The predicted molar refractivity (Wildman–Crippen MR) is 53.3 cm³/mol. The van der Waals surface area contributed by atoms with Crippen LogP contribution >= 0.6 is 0 Å². The Bertz CT molecular complexity index is 582. The van der Waals surface area contributed by atoms with Crippen LogP contribution in [0.1, 0.15) is 0 Å². The number of hydrogen-bond donors (Lipinski definition) is 4. The van der Waals surface area contributed by atoms with Crippen LogP contribution in [0.25, 0.3) is 0 Å². The molecule has 12 nitrogen and oxygen atoms in total. The Hall–Kier alpha value is 1.15. The SMILES string of the molecule is O=[S](=O)(O)[Co]([S](=O)(=O)O)([S](=O)(=O)O)[S](=O)(=O)O.[NaH]. The van der Waals surface area contributed by atoms with E-state index in [-0.39, 0.29) is 29.6 Å². The van der Waals surface area contributed by atoms with Gasteiger partial charge >= 0.3 is 124 Å². The summed E-state index contributed by atoms with van der Waals surface area (Å²) in [5.41, 5.74) is 0. The molecule has 0 aliphatic rings. The quantitative estimate of drug-likeness (QED) is 0.266. The summed E-state index contributed by atoms with van der Waals surface area (Å²) in [5.74, 6) is 0. The molecule has 0 rings (SSSR count). The van der Waals surface area contributed by atoms with Crippen molar-refractivity contribution >= 4 is 63.9 Å². The molecule has 18 heteroatoms. The van der Waals surface area contributed by atoms with Gasteiger partial charge in [-0.1, -0.05) is 0 Å². The molecule has 111 valence electrons. The van der Waals surface area contributed by atoms with Crippen LogP contribution in [0, 0.1) is 0 Å². The van der Waals surface area contributed by atoms with Gasteiger partial charge in [-0.25, -0.2) is 0 Å². The van der Waals surface area contributed by atoms with Gasteiger partial charge in [0.05, 0.1) is 0 Å². The zero-order valence-electron chi connectivity index (χ0n) is 7.02. The van der Waals surface area contributed by atoms with Crippen molar-refractivity contribution in [1.82, 2.24) is 0 Å². The topological polar surface area (TPSA) is 217 Å². The van der Waals surface area contributed by atoms with Crippen molar-refractivity contribution in [3.8, 4) is 0 Å². The molecule has 0 heterocycles. The molecule has 0 aromatic rings. The molecule has 0 unspecified atom stereocenters. The molecule has 0 saturated carbocycles. The third-order valence-electron chi connectivity index (χ3n) is 0.842. The fraction of sp³-hybridized carbons (Fsp3) is 0. The maximum atomic E-state index is 10.6. The van der Waals surface area contributed by atoms with Crippen molar-refractivity contribution in [1.29, 1.82) is 0 Å². The molecule has 0 radical (unpaired) electrons. The Morgan fingerprint density at radius 2 is 0.611 bits per heavy atom. The van der Waals surface area contributed by atoms with E-state index in [0.717, 1.165) is 0 Å². The molecule has 0 fully saturated rings. The second-order valence-corrected chi connectivity index (χ2v) is 23.5. The molecule has 0 saturated heterocycles. The van der Waals surface area contributed by atoms with Crippen molar-refractivity contribution in [2.24, 2.45) is 0 Å². The van der Waals surface area contributed by atoms with E-state index in [1.807, 2.05) is 0 Å². The van der Waals surface area contributed by atoms with Gasteiger partial charge in [0.1, 0.15) is 0 Å². The van der Waals surface area contributed by atoms with Crippen molar-refractivity contribution in [2.75, 3.05) is 0 Å². The minimum absolute atomic E-state index is 0. The van der Waals surface area contributed by atoms with Gasteiger partial charge in [-0.05, 0) is 0 Å². The van der Waals surface area contributed by atoms with E-state index in [0.29, 0.717) is 0 Å². The summed E-state index contributed by atoms with van der Waals surface area (Å²) in [6.07, 6.45) is 0. The Morgan fingerprint density at radius 1 is 0.500 bits per heavy atom. The summed E-state index contributed by atoms with van der Waals surface area (Å²) in [6, 6.07) is 0. The summed E-state index contributed by atoms with van der Waals surface area (Å²) >= 11 is 0. The van der Waals surface area contributed by atoms with Crippen LogP contribution < -0.4 is 0 Å². The third-order valence-corrected chi connectivity index (χ3v) is 31.3. The average molecular weight is 407 g/mol. The second kappa shape index (κ2) is 5.50. The van der Waals surface area contributed by atoms with Gasteiger partial charge in [-0.3, -0.25) is 0 Å². The van der Waals surface area contributed by atoms with Crippen LogP contribution in [0.5, 0.6) is 0 Å². The molecule has 0 aliphatic heterocycles. The number of rotatable bonds is 4. The average Bonchev–Trinajstić information content (AvgIpc) is 1.67. The van der Waals surface area contributed by atoms with E-state index >= 15 is 0 Å². The summed E-state index contributed by atoms with van der Waals surface area (Å²) < 4.78 is 118. The Kier molecular flexibility index (Phi) is 6.55. The monoisotopic (exact) mass is 407 g/mol. The first-order chi connectivity index (χ1) is 7.00. The first kappa shape index (κ1) is 21.4. The molecule has 0 aromatic heterocycles. The van der Waals surface area contributed by atoms with Crippen LogP contribution in [-0.2, 0) is 42.5 Å². The normalized spacial score (nSPS) is 15.8. The van der Waals surface area contributed by atoms with Crippen LogP contribution in [0.3, 0.4) is 0 Å². The Balaban J connectivity index is 0. The van der Waals surface area contributed by atoms with Gasteiger partial charge in [0.2, 0.25) is 0 Å². The van der Waals surface area contributed by atoms with Crippen LogP contribution in [0.4, 0.5) is 0 Å². The Morgan fingerprint density at radius 3 is 0.611 bits per heavy atom. The fourth-order valence-corrected chi connectivity index (χ4v) is 19.8. The first-order valence-electron chi connectivity index (χ1n) is 2.61. The van der Waals surface area contributed by atoms with Crippen LogP contribution in [0.2, 0.25) is 0 Å². The van der Waals surface area contributed by atoms with E-state index < -0.39 is 42.5 Å². The third kappa shape index (κ3) is 3.24. The van der Waals surface area contributed by atoms with Gasteiger partial charge < -0.3 is 0 Å². The van der Waals surface area contributed by atoms with E-state index in [4.69, 9.17) is 18.2 Å². The minimum atomic E-state index is -7.10. The molecule has 0 bridgehead atoms. The summed E-state index contributed by atoms with van der Waals surface area (Å²) in [5, 5.41) is 0. The van der Waals surface area contributed by atoms with Crippen LogP contribution in [0.15, 0.2) is 0 Å². The molecule has 18 heavy (non-hydrogen) atoms. The summed E-state index contributed by atoms with van der Waals surface area (Å²) in [4.78, 5) is 0. The first-order valence-corrected chi connectivity index (χ1v) is 12.9. The number of hydrogen-bond acceptors (Lipinski definition) is 8. The Labute approximate surface area is 123 Å². The molecular formula is H5CoNaO12S4. The van der Waals surface area contributed by atoms with E-state index in [2.05, 4.69) is 0 Å². The van der Waals surface area contributed by atoms with Crippen molar-refractivity contribution in [2.45, 2.75) is 0 Å². The molecule has 0 spiro atoms. The van der Waals surface area contributed by atoms with Gasteiger partial charge in [0.15, 0.2) is 0 Å². The van der Waals surface area contributed by atoms with Crippen LogP contribution in [-0.4, -0.2) is 81.4 Å². The zero-order chi connectivity index (χ0) is 14.5. The van der Waals surface area contributed by atoms with E-state index in [1.165, 1.54) is 0 Å². The van der Waals surface area contributed by atoms with Crippen molar-refractivity contribution < 1.29 is 60.1 Å². The molecular weight excluding hydrogens is 402 g/mol. The molecule has 4 N–H and O–H groups in total. The maximum absolute atomic E-state index is 10.6. The predicted octanol–water partition coefficient (Wildman–Crippen LogP) is -3.30. The van der Waals surface area contributed by atoms with Gasteiger partial charge in [0, 0.05) is 0 Å². The van der Waals surface area contributed by atoms with Crippen molar-refractivity contribution in [3.05, 3.63) is 0 Å². The fourth-order valence-electron chi connectivity index (χ4n) is 0.532.